The molecule has 3 N–H and O–H groups in total. The second-order valence-electron chi connectivity index (χ2n) is 7.47. The van der Waals surface area contributed by atoms with E-state index in [0.717, 1.165) is 27.8 Å². The molecule has 3 heterocycles. The maximum Gasteiger partial charge on any atom is 0.259 e. The standard InChI is InChI=1S/C25H20N6O/c1-3-17-9-7-10-18-15-20(31(22(17)18)19-11-5-4-6-12-19)16(2)28-25(32)21-23(26)29-30-14-8-13-27-24(21)30/h1,4-16H,2H3,(H2,26,29)(H,28,32)/t16-/m1/s1. The number of nitrogens with zero attached hydrogens (tertiary/aromatic N) is 4. The monoisotopic (exact) mass is 420 g/mol. The van der Waals surface area contributed by atoms with Crippen molar-refractivity contribution in [3.05, 3.63) is 89.9 Å². The van der Waals surface area contributed by atoms with Crippen LogP contribution in [0.3, 0.4) is 0 Å². The highest BCUT2D eigenvalue weighted by atomic mass is 16.1. The largest absolute Gasteiger partial charge is 0.381 e. The minimum atomic E-state index is -0.348. The molecule has 0 radical (unpaired) electrons. The summed E-state index contributed by atoms with van der Waals surface area (Å²) in [4.78, 5) is 17.4. The quantitative estimate of drug-likeness (QED) is 0.434. The Kier molecular flexibility index (Phi) is 4.61. The van der Waals surface area contributed by atoms with Crippen LogP contribution in [0.5, 0.6) is 0 Å². The summed E-state index contributed by atoms with van der Waals surface area (Å²) >= 11 is 0. The van der Waals surface area contributed by atoms with E-state index in [1.807, 2.05) is 61.5 Å². The van der Waals surface area contributed by atoms with E-state index in [1.54, 1.807) is 18.5 Å². The van der Waals surface area contributed by atoms with Crippen molar-refractivity contribution in [3.63, 3.8) is 0 Å². The van der Waals surface area contributed by atoms with Gasteiger partial charge in [-0.2, -0.15) is 0 Å². The number of anilines is 1. The van der Waals surface area contributed by atoms with Crippen molar-refractivity contribution in [1.82, 2.24) is 24.5 Å². The molecule has 3 aromatic heterocycles. The first-order valence-corrected chi connectivity index (χ1v) is 10.1. The van der Waals surface area contributed by atoms with Gasteiger partial charge in [0.25, 0.3) is 5.91 Å². The molecule has 7 nitrogen and oxygen atoms in total. The number of nitrogen functional groups attached to an aromatic ring is 1. The fraction of sp³-hybridized carbons (Fsp3) is 0.0800. The summed E-state index contributed by atoms with van der Waals surface area (Å²) in [6.45, 7) is 1.93. The molecule has 0 saturated carbocycles. The number of fused-ring (bicyclic) bond motifs is 2. The summed E-state index contributed by atoms with van der Waals surface area (Å²) in [7, 11) is 0. The third-order valence-corrected chi connectivity index (χ3v) is 5.46. The van der Waals surface area contributed by atoms with Crippen LogP contribution in [0.25, 0.3) is 22.2 Å². The predicted molar refractivity (Wildman–Crippen MR) is 124 cm³/mol. The number of nitrogens with two attached hydrogens (primary N) is 1. The number of carbonyl (C=O) groups excluding carboxylic acids is 1. The molecule has 5 aromatic rings. The van der Waals surface area contributed by atoms with Crippen molar-refractivity contribution in [3.8, 4) is 18.0 Å². The van der Waals surface area contributed by atoms with E-state index in [4.69, 9.17) is 12.2 Å². The minimum Gasteiger partial charge on any atom is -0.381 e. The molecule has 2 aromatic carbocycles. The summed E-state index contributed by atoms with van der Waals surface area (Å²) in [6.07, 6.45) is 9.10. The molecule has 0 aliphatic heterocycles. The van der Waals surface area contributed by atoms with Gasteiger partial charge in [0, 0.05) is 34.7 Å². The van der Waals surface area contributed by atoms with Gasteiger partial charge in [-0.25, -0.2) is 9.50 Å². The lowest BCUT2D eigenvalue weighted by Crippen LogP contribution is -2.28. The van der Waals surface area contributed by atoms with Gasteiger partial charge >= 0.3 is 0 Å². The number of aromatic nitrogens is 4. The molecule has 156 valence electrons. The Bertz CT molecular complexity index is 1510. The van der Waals surface area contributed by atoms with Gasteiger partial charge < -0.3 is 15.6 Å². The average Bonchev–Trinajstić information content (AvgIpc) is 3.36. The predicted octanol–water partition coefficient (Wildman–Crippen LogP) is 3.73. The molecule has 32 heavy (non-hydrogen) atoms. The lowest BCUT2D eigenvalue weighted by atomic mass is 10.1. The number of terminal acetylenes is 1. The highest BCUT2D eigenvalue weighted by molar-refractivity contribution is 6.04. The van der Waals surface area contributed by atoms with Crippen LogP contribution in [0.4, 0.5) is 5.82 Å². The fourth-order valence-electron chi connectivity index (χ4n) is 4.04. The fourth-order valence-corrected chi connectivity index (χ4v) is 4.04. The summed E-state index contributed by atoms with van der Waals surface area (Å²) in [6, 6.07) is 19.2. The number of amides is 1. The lowest BCUT2D eigenvalue weighted by Gasteiger charge is -2.18. The molecular weight excluding hydrogens is 400 g/mol. The second-order valence-corrected chi connectivity index (χ2v) is 7.47. The first-order valence-electron chi connectivity index (χ1n) is 10.1. The van der Waals surface area contributed by atoms with Crippen LogP contribution >= 0.6 is 0 Å². The minimum absolute atomic E-state index is 0.131. The van der Waals surface area contributed by atoms with E-state index < -0.39 is 0 Å². The Balaban J connectivity index is 1.61. The van der Waals surface area contributed by atoms with Gasteiger partial charge in [0.1, 0.15) is 5.56 Å². The Morgan fingerprint density at radius 1 is 1.16 bits per heavy atom. The van der Waals surface area contributed by atoms with E-state index in [2.05, 4.69) is 25.9 Å². The molecule has 7 heteroatoms. The van der Waals surface area contributed by atoms with E-state index >= 15 is 0 Å². The Morgan fingerprint density at radius 2 is 1.97 bits per heavy atom. The molecule has 0 fully saturated rings. The first-order chi connectivity index (χ1) is 15.6. The van der Waals surface area contributed by atoms with Crippen LogP contribution in [0.15, 0.2) is 73.1 Å². The molecular formula is C25H20N6O. The molecule has 0 aliphatic carbocycles. The van der Waals surface area contributed by atoms with Crippen molar-refractivity contribution < 1.29 is 4.79 Å². The maximum atomic E-state index is 13.2. The number of para-hydroxylation sites is 2. The number of benzene rings is 2. The average molecular weight is 420 g/mol. The molecule has 0 bridgehead atoms. The topological polar surface area (TPSA) is 90.2 Å². The molecule has 0 saturated heterocycles. The van der Waals surface area contributed by atoms with Gasteiger partial charge in [-0.1, -0.05) is 36.3 Å². The Morgan fingerprint density at radius 3 is 2.75 bits per heavy atom. The summed E-state index contributed by atoms with van der Waals surface area (Å²) in [5, 5.41) is 8.23. The smallest absolute Gasteiger partial charge is 0.259 e. The number of hydrogen-bond donors (Lipinski definition) is 2. The lowest BCUT2D eigenvalue weighted by molar-refractivity contribution is 0.0941. The highest BCUT2D eigenvalue weighted by Crippen LogP contribution is 2.31. The van der Waals surface area contributed by atoms with E-state index in [1.165, 1.54) is 4.52 Å². The number of carbonyl (C=O) groups is 1. The van der Waals surface area contributed by atoms with Gasteiger partial charge in [0.05, 0.1) is 11.6 Å². The zero-order chi connectivity index (χ0) is 22.2. The second kappa shape index (κ2) is 7.60. The molecule has 5 rings (SSSR count). The van der Waals surface area contributed by atoms with Gasteiger partial charge in [-0.3, -0.25) is 4.79 Å². The number of hydrogen-bond acceptors (Lipinski definition) is 4. The van der Waals surface area contributed by atoms with Crippen molar-refractivity contribution in [2.75, 3.05) is 5.73 Å². The van der Waals surface area contributed by atoms with Crippen LogP contribution in [-0.2, 0) is 0 Å². The maximum absolute atomic E-state index is 13.2. The van der Waals surface area contributed by atoms with Crippen molar-refractivity contribution in [2.24, 2.45) is 0 Å². The summed E-state index contributed by atoms with van der Waals surface area (Å²) in [5.41, 5.74) is 10.3. The van der Waals surface area contributed by atoms with Crippen molar-refractivity contribution >= 4 is 28.3 Å². The third-order valence-electron chi connectivity index (χ3n) is 5.46. The zero-order valence-electron chi connectivity index (χ0n) is 17.4. The SMILES string of the molecule is C#Cc1cccc2cc([C@@H](C)NC(=O)c3c(N)nn4cccnc34)n(-c3ccccc3)c12. The van der Waals surface area contributed by atoms with E-state index in [9.17, 15) is 4.79 Å². The highest BCUT2D eigenvalue weighted by Gasteiger charge is 2.24. The van der Waals surface area contributed by atoms with Crippen molar-refractivity contribution in [1.29, 1.82) is 0 Å². The van der Waals surface area contributed by atoms with E-state index in [0.29, 0.717) is 5.65 Å². The molecule has 0 unspecified atom stereocenters. The van der Waals surface area contributed by atoms with Crippen LogP contribution in [0, 0.1) is 12.3 Å². The van der Waals surface area contributed by atoms with Gasteiger partial charge in [-0.15, -0.1) is 11.5 Å². The zero-order valence-corrected chi connectivity index (χ0v) is 17.4. The van der Waals surface area contributed by atoms with Crippen LogP contribution < -0.4 is 11.1 Å². The van der Waals surface area contributed by atoms with Gasteiger partial charge in [0.15, 0.2) is 11.5 Å². The van der Waals surface area contributed by atoms with Crippen molar-refractivity contribution in [2.45, 2.75) is 13.0 Å². The van der Waals surface area contributed by atoms with Crippen LogP contribution in [-0.4, -0.2) is 25.1 Å². The third kappa shape index (κ3) is 3.06. The number of nitrogens with one attached hydrogen (secondary N) is 1. The molecule has 1 atom stereocenters. The van der Waals surface area contributed by atoms with Gasteiger partial charge in [0.2, 0.25) is 0 Å². The number of rotatable bonds is 4. The van der Waals surface area contributed by atoms with E-state index in [-0.39, 0.29) is 23.3 Å². The first kappa shape index (κ1) is 19.4. The van der Waals surface area contributed by atoms with Crippen LogP contribution in [0.1, 0.15) is 34.6 Å². The Hall–Kier alpha value is -4.57. The normalized spacial score (nSPS) is 12.0. The Labute approximate surface area is 184 Å². The molecule has 1 amide bonds. The summed E-state index contributed by atoms with van der Waals surface area (Å²) in [5.74, 6) is 2.57. The van der Waals surface area contributed by atoms with Gasteiger partial charge in [-0.05, 0) is 37.3 Å². The summed E-state index contributed by atoms with van der Waals surface area (Å²) < 4.78 is 3.59. The molecule has 0 aliphatic rings. The van der Waals surface area contributed by atoms with Crippen LogP contribution in [0.2, 0.25) is 0 Å². The molecule has 0 spiro atoms.